The predicted octanol–water partition coefficient (Wildman–Crippen LogP) is 3.19. The number of esters is 1. The average molecular weight is 421 g/mol. The van der Waals surface area contributed by atoms with Crippen LogP contribution in [0.25, 0.3) is 10.8 Å². The van der Waals surface area contributed by atoms with E-state index >= 15 is 0 Å². The first-order valence-corrected chi connectivity index (χ1v) is 10.0. The first kappa shape index (κ1) is 21.9. The lowest BCUT2D eigenvalue weighted by molar-refractivity contribution is -0.115. The number of nitrogens with zero attached hydrogens (tertiary/aromatic N) is 2. The number of ether oxygens (including phenoxy) is 1. The van der Waals surface area contributed by atoms with E-state index in [-0.39, 0.29) is 17.2 Å². The zero-order valence-corrected chi connectivity index (χ0v) is 17.4. The van der Waals surface area contributed by atoms with Gasteiger partial charge in [-0.25, -0.2) is 9.48 Å². The summed E-state index contributed by atoms with van der Waals surface area (Å²) in [6, 6.07) is 13.0. The van der Waals surface area contributed by atoms with Crippen molar-refractivity contribution in [2.75, 3.05) is 11.9 Å². The van der Waals surface area contributed by atoms with Crippen LogP contribution in [0.1, 0.15) is 47.5 Å². The minimum atomic E-state index is -0.777. The molecule has 0 saturated heterocycles. The van der Waals surface area contributed by atoms with E-state index in [0.717, 1.165) is 0 Å². The molecule has 0 bridgehead atoms. The lowest BCUT2D eigenvalue weighted by Gasteiger charge is -2.10. The summed E-state index contributed by atoms with van der Waals surface area (Å²) in [4.78, 5) is 49.0. The van der Waals surface area contributed by atoms with Gasteiger partial charge in [0.15, 0.2) is 18.1 Å². The maximum Gasteiger partial charge on any atom is 0.359 e. The van der Waals surface area contributed by atoms with Gasteiger partial charge in [0.2, 0.25) is 5.91 Å². The van der Waals surface area contributed by atoms with Crippen LogP contribution in [0.15, 0.2) is 53.3 Å². The molecule has 1 amide bonds. The topological polar surface area (TPSA) is 107 Å². The Morgan fingerprint density at radius 2 is 1.68 bits per heavy atom. The molecule has 0 atom stereocenters. The molecule has 160 valence electrons. The molecule has 3 rings (SSSR count). The number of fused-ring (bicyclic) bond motifs is 1. The van der Waals surface area contributed by atoms with Crippen LogP contribution in [-0.2, 0) is 16.1 Å². The van der Waals surface area contributed by atoms with E-state index in [9.17, 15) is 19.2 Å². The molecule has 0 unspecified atom stereocenters. The molecule has 0 radical (unpaired) electrons. The molecule has 0 aliphatic carbocycles. The number of Topliss-reactive ketones (excluding diaryl/α,β-unsaturated/α-hetero) is 1. The maximum atomic E-state index is 12.7. The summed E-state index contributed by atoms with van der Waals surface area (Å²) in [7, 11) is 0. The van der Waals surface area contributed by atoms with E-state index in [4.69, 9.17) is 4.74 Å². The van der Waals surface area contributed by atoms with Crippen molar-refractivity contribution >= 4 is 34.1 Å². The average Bonchev–Trinajstić information content (AvgIpc) is 2.79. The number of benzene rings is 2. The Hall–Kier alpha value is -3.81. The molecule has 2 aromatic carbocycles. The standard InChI is InChI=1S/C23H23N3O5/c1-3-13-26-22(29)18-8-6-5-7-17(18)21(25-26)23(30)31-14-19(27)15-9-11-16(12-10-15)24-20(28)4-2/h5-12H,3-4,13-14H2,1-2H3,(H,24,28). The van der Waals surface area contributed by atoms with Crippen LogP contribution in [0.2, 0.25) is 0 Å². The lowest BCUT2D eigenvalue weighted by atomic mass is 10.1. The molecule has 0 saturated carbocycles. The van der Waals surface area contributed by atoms with Crippen molar-refractivity contribution in [3.05, 3.63) is 70.1 Å². The number of carbonyl (C=O) groups is 3. The SMILES string of the molecule is CCCn1nc(C(=O)OCC(=O)c2ccc(NC(=O)CC)cc2)c2ccccc2c1=O. The van der Waals surface area contributed by atoms with Crippen LogP contribution in [0.3, 0.4) is 0 Å². The number of aromatic nitrogens is 2. The Morgan fingerprint density at radius 1 is 1.00 bits per heavy atom. The Morgan fingerprint density at radius 3 is 2.32 bits per heavy atom. The van der Waals surface area contributed by atoms with Crippen LogP contribution in [0, 0.1) is 0 Å². The highest BCUT2D eigenvalue weighted by Crippen LogP contribution is 2.15. The number of rotatable bonds is 8. The number of anilines is 1. The minimum absolute atomic E-state index is 0.00549. The normalized spacial score (nSPS) is 10.6. The summed E-state index contributed by atoms with van der Waals surface area (Å²) in [6.07, 6.45) is 1.03. The second-order valence-corrected chi connectivity index (χ2v) is 6.90. The molecule has 31 heavy (non-hydrogen) atoms. The van der Waals surface area contributed by atoms with Gasteiger partial charge < -0.3 is 10.1 Å². The van der Waals surface area contributed by atoms with Crippen LogP contribution in [0.5, 0.6) is 0 Å². The first-order chi connectivity index (χ1) is 14.9. The van der Waals surface area contributed by atoms with Gasteiger partial charge in [-0.1, -0.05) is 32.0 Å². The lowest BCUT2D eigenvalue weighted by Crippen LogP contribution is -2.27. The molecule has 0 aliphatic heterocycles. The quantitative estimate of drug-likeness (QED) is 0.442. The Labute approximate surface area is 178 Å². The number of amides is 1. The number of hydrogen-bond acceptors (Lipinski definition) is 6. The fourth-order valence-corrected chi connectivity index (χ4v) is 3.02. The van der Waals surface area contributed by atoms with E-state index in [1.165, 1.54) is 4.68 Å². The van der Waals surface area contributed by atoms with E-state index in [1.807, 2.05) is 6.92 Å². The number of carbonyl (C=O) groups excluding carboxylic acids is 3. The third-order valence-corrected chi connectivity index (χ3v) is 4.64. The summed E-state index contributed by atoms with van der Waals surface area (Å²) in [5.74, 6) is -1.30. The van der Waals surface area contributed by atoms with Gasteiger partial charge in [-0.15, -0.1) is 0 Å². The molecule has 0 aliphatic rings. The number of nitrogens with one attached hydrogen (secondary N) is 1. The molecule has 8 nitrogen and oxygen atoms in total. The molecular weight excluding hydrogens is 398 g/mol. The van der Waals surface area contributed by atoms with Gasteiger partial charge in [-0.2, -0.15) is 5.10 Å². The van der Waals surface area contributed by atoms with E-state index in [2.05, 4.69) is 10.4 Å². The maximum absolute atomic E-state index is 12.7. The highest BCUT2D eigenvalue weighted by molar-refractivity contribution is 6.04. The third-order valence-electron chi connectivity index (χ3n) is 4.64. The van der Waals surface area contributed by atoms with E-state index in [1.54, 1.807) is 55.5 Å². The van der Waals surface area contributed by atoms with Gasteiger partial charge in [0.1, 0.15) is 0 Å². The zero-order chi connectivity index (χ0) is 22.4. The molecule has 1 heterocycles. The Bertz CT molecular complexity index is 1180. The van der Waals surface area contributed by atoms with Crippen molar-refractivity contribution in [1.29, 1.82) is 0 Å². The van der Waals surface area contributed by atoms with Crippen LogP contribution in [0.4, 0.5) is 5.69 Å². The van der Waals surface area contributed by atoms with Gasteiger partial charge >= 0.3 is 5.97 Å². The molecule has 0 spiro atoms. The monoisotopic (exact) mass is 421 g/mol. The van der Waals surface area contributed by atoms with E-state index in [0.29, 0.717) is 41.4 Å². The van der Waals surface area contributed by atoms with Crippen molar-refractivity contribution in [3.63, 3.8) is 0 Å². The highest BCUT2D eigenvalue weighted by atomic mass is 16.5. The largest absolute Gasteiger partial charge is 0.452 e. The van der Waals surface area contributed by atoms with Gasteiger partial charge in [0.05, 0.1) is 5.39 Å². The molecule has 3 aromatic rings. The highest BCUT2D eigenvalue weighted by Gasteiger charge is 2.19. The molecule has 1 N–H and O–H groups in total. The molecule has 1 aromatic heterocycles. The van der Waals surface area contributed by atoms with Crippen molar-refractivity contribution < 1.29 is 19.1 Å². The summed E-state index contributed by atoms with van der Waals surface area (Å²) >= 11 is 0. The third kappa shape index (κ3) is 5.03. The van der Waals surface area contributed by atoms with Crippen molar-refractivity contribution in [2.24, 2.45) is 0 Å². The summed E-state index contributed by atoms with van der Waals surface area (Å²) < 4.78 is 6.44. The van der Waals surface area contributed by atoms with Gasteiger partial charge in [-0.3, -0.25) is 14.4 Å². The second kappa shape index (κ2) is 9.80. The number of ketones is 1. The van der Waals surface area contributed by atoms with Crippen LogP contribution in [-0.4, -0.2) is 34.0 Å². The van der Waals surface area contributed by atoms with Crippen LogP contribution >= 0.6 is 0 Å². The van der Waals surface area contributed by atoms with Gasteiger partial charge in [0.25, 0.3) is 5.56 Å². The van der Waals surface area contributed by atoms with Crippen molar-refractivity contribution in [2.45, 2.75) is 33.2 Å². The molecule has 0 fully saturated rings. The predicted molar refractivity (Wildman–Crippen MR) is 116 cm³/mol. The summed E-state index contributed by atoms with van der Waals surface area (Å²) in [6.45, 7) is 3.54. The van der Waals surface area contributed by atoms with E-state index < -0.39 is 18.4 Å². The van der Waals surface area contributed by atoms with Gasteiger partial charge in [0, 0.05) is 29.6 Å². The minimum Gasteiger partial charge on any atom is -0.452 e. The molecular formula is C23H23N3O5. The fraction of sp³-hybridized carbons (Fsp3) is 0.261. The Kier molecular flexibility index (Phi) is 6.92. The number of hydrogen-bond donors (Lipinski definition) is 1. The smallest absolute Gasteiger partial charge is 0.359 e. The van der Waals surface area contributed by atoms with Gasteiger partial charge in [-0.05, 0) is 36.8 Å². The van der Waals surface area contributed by atoms with Crippen molar-refractivity contribution in [1.82, 2.24) is 9.78 Å². The molecule has 8 heteroatoms. The second-order valence-electron chi connectivity index (χ2n) is 6.90. The first-order valence-electron chi connectivity index (χ1n) is 10.0. The summed E-state index contributed by atoms with van der Waals surface area (Å²) in [5.41, 5.74) is 0.639. The fourth-order valence-electron chi connectivity index (χ4n) is 3.02. The Balaban J connectivity index is 1.75. The number of aryl methyl sites for hydroxylation is 1. The zero-order valence-electron chi connectivity index (χ0n) is 17.4. The summed E-state index contributed by atoms with van der Waals surface area (Å²) in [5, 5.41) is 7.61. The van der Waals surface area contributed by atoms with Crippen LogP contribution < -0.4 is 10.9 Å². The van der Waals surface area contributed by atoms with Crippen molar-refractivity contribution in [3.8, 4) is 0 Å².